The minimum Gasteiger partial charge on any atom is -0.487 e. The van der Waals surface area contributed by atoms with Crippen LogP contribution >= 0.6 is 23.2 Å². The van der Waals surface area contributed by atoms with Crippen LogP contribution in [0.1, 0.15) is 5.56 Å². The summed E-state index contributed by atoms with van der Waals surface area (Å²) < 4.78 is 11.9. The summed E-state index contributed by atoms with van der Waals surface area (Å²) in [6.07, 6.45) is 2.03. The molecule has 4 aromatic carbocycles. The molecule has 0 fully saturated rings. The SMILES string of the molecule is Clc1cc(-c2ccccc2)ccc1OCC1=CCOc2c(Cl)cc(-c3ccccc3)cc21. The van der Waals surface area contributed by atoms with E-state index in [0.29, 0.717) is 34.8 Å². The summed E-state index contributed by atoms with van der Waals surface area (Å²) in [4.78, 5) is 0. The summed E-state index contributed by atoms with van der Waals surface area (Å²) in [7, 11) is 0. The van der Waals surface area contributed by atoms with E-state index in [9.17, 15) is 0 Å². The van der Waals surface area contributed by atoms with E-state index in [1.165, 1.54) is 0 Å². The van der Waals surface area contributed by atoms with Crippen molar-refractivity contribution in [2.45, 2.75) is 0 Å². The van der Waals surface area contributed by atoms with Crippen LogP contribution in [0.25, 0.3) is 27.8 Å². The molecule has 0 bridgehead atoms. The van der Waals surface area contributed by atoms with Crippen molar-refractivity contribution in [3.8, 4) is 33.8 Å². The zero-order valence-corrected chi connectivity index (χ0v) is 18.7. The van der Waals surface area contributed by atoms with E-state index < -0.39 is 0 Å². The second kappa shape index (κ2) is 9.12. The zero-order valence-electron chi connectivity index (χ0n) is 17.2. The lowest BCUT2D eigenvalue weighted by molar-refractivity contribution is 0.343. The van der Waals surface area contributed by atoms with E-state index >= 15 is 0 Å². The van der Waals surface area contributed by atoms with Crippen molar-refractivity contribution in [2.24, 2.45) is 0 Å². The normalized spacial score (nSPS) is 12.5. The van der Waals surface area contributed by atoms with Crippen molar-refractivity contribution in [3.63, 3.8) is 0 Å². The first-order valence-corrected chi connectivity index (χ1v) is 11.1. The van der Waals surface area contributed by atoms with Crippen LogP contribution in [0, 0.1) is 0 Å². The van der Waals surface area contributed by atoms with Gasteiger partial charge in [-0.25, -0.2) is 0 Å². The molecule has 32 heavy (non-hydrogen) atoms. The molecule has 5 rings (SSSR count). The topological polar surface area (TPSA) is 18.5 Å². The molecule has 0 N–H and O–H groups in total. The zero-order chi connectivity index (χ0) is 21.9. The van der Waals surface area contributed by atoms with E-state index in [2.05, 4.69) is 30.3 Å². The molecule has 0 spiro atoms. The average Bonchev–Trinajstić information content (AvgIpc) is 2.84. The molecule has 158 valence electrons. The number of rotatable bonds is 5. The van der Waals surface area contributed by atoms with Gasteiger partial charge in [0.2, 0.25) is 0 Å². The van der Waals surface area contributed by atoms with E-state index in [1.807, 2.05) is 66.7 Å². The predicted octanol–water partition coefficient (Wildman–Crippen LogP) is 8.18. The Kier molecular flexibility index (Phi) is 5.89. The molecule has 0 aliphatic carbocycles. The van der Waals surface area contributed by atoms with Gasteiger partial charge in [-0.2, -0.15) is 0 Å². The summed E-state index contributed by atoms with van der Waals surface area (Å²) in [5.41, 5.74) is 6.27. The minimum atomic E-state index is 0.370. The van der Waals surface area contributed by atoms with Gasteiger partial charge in [0.25, 0.3) is 0 Å². The predicted molar refractivity (Wildman–Crippen MR) is 133 cm³/mol. The first-order valence-electron chi connectivity index (χ1n) is 10.4. The van der Waals surface area contributed by atoms with Crippen LogP contribution in [-0.2, 0) is 0 Å². The van der Waals surface area contributed by atoms with Crippen LogP contribution in [0.3, 0.4) is 0 Å². The Labute approximate surface area is 197 Å². The molecule has 1 aliphatic heterocycles. The van der Waals surface area contributed by atoms with Crippen LogP contribution in [-0.4, -0.2) is 13.2 Å². The fraction of sp³-hybridized carbons (Fsp3) is 0.0714. The molecule has 1 heterocycles. The molecule has 0 amide bonds. The molecule has 1 aliphatic rings. The lowest BCUT2D eigenvalue weighted by Gasteiger charge is -2.21. The van der Waals surface area contributed by atoms with Gasteiger partial charge in [0.05, 0.1) is 10.0 Å². The third-order valence-electron chi connectivity index (χ3n) is 5.48. The van der Waals surface area contributed by atoms with Gasteiger partial charge in [0.15, 0.2) is 0 Å². The summed E-state index contributed by atoms with van der Waals surface area (Å²) >= 11 is 13.1. The summed E-state index contributed by atoms with van der Waals surface area (Å²) in [5, 5.41) is 1.17. The van der Waals surface area contributed by atoms with Gasteiger partial charge in [-0.1, -0.05) is 89.9 Å². The molecule has 0 radical (unpaired) electrons. The number of hydrogen-bond acceptors (Lipinski definition) is 2. The van der Waals surface area contributed by atoms with E-state index in [-0.39, 0.29) is 0 Å². The number of ether oxygens (including phenoxy) is 2. The van der Waals surface area contributed by atoms with Crippen molar-refractivity contribution in [3.05, 3.63) is 113 Å². The Balaban J connectivity index is 1.39. The van der Waals surface area contributed by atoms with Crippen LogP contribution in [0.5, 0.6) is 11.5 Å². The maximum atomic E-state index is 6.57. The first kappa shape index (κ1) is 20.7. The smallest absolute Gasteiger partial charge is 0.146 e. The number of fused-ring (bicyclic) bond motifs is 1. The van der Waals surface area contributed by atoms with Crippen LogP contribution in [0.15, 0.2) is 97.1 Å². The van der Waals surface area contributed by atoms with E-state index in [0.717, 1.165) is 33.4 Å². The average molecular weight is 459 g/mol. The minimum absolute atomic E-state index is 0.370. The highest BCUT2D eigenvalue weighted by Crippen LogP contribution is 2.40. The number of benzene rings is 4. The van der Waals surface area contributed by atoms with Gasteiger partial charge >= 0.3 is 0 Å². The molecular weight excluding hydrogens is 439 g/mol. The van der Waals surface area contributed by atoms with Gasteiger partial charge in [-0.15, -0.1) is 0 Å². The summed E-state index contributed by atoms with van der Waals surface area (Å²) in [6.45, 7) is 0.826. The van der Waals surface area contributed by atoms with Gasteiger partial charge in [-0.3, -0.25) is 0 Å². The maximum Gasteiger partial charge on any atom is 0.146 e. The van der Waals surface area contributed by atoms with Gasteiger partial charge < -0.3 is 9.47 Å². The second-order valence-corrected chi connectivity index (χ2v) is 8.36. The Morgan fingerprint density at radius 2 is 1.34 bits per heavy atom. The van der Waals surface area contributed by atoms with Gasteiger partial charge in [-0.05, 0) is 58.2 Å². The fourth-order valence-corrected chi connectivity index (χ4v) is 4.34. The molecule has 2 nitrogen and oxygen atoms in total. The van der Waals surface area contributed by atoms with Crippen molar-refractivity contribution < 1.29 is 9.47 Å². The molecule has 0 saturated heterocycles. The summed E-state index contributed by atoms with van der Waals surface area (Å²) in [6, 6.07) is 30.2. The van der Waals surface area contributed by atoms with Gasteiger partial charge in [0.1, 0.15) is 24.7 Å². The molecule has 0 saturated carbocycles. The highest BCUT2D eigenvalue weighted by molar-refractivity contribution is 6.33. The molecule has 0 unspecified atom stereocenters. The number of hydrogen-bond donors (Lipinski definition) is 0. The Bertz CT molecular complexity index is 1280. The lowest BCUT2D eigenvalue weighted by atomic mass is 9.97. The number of halogens is 2. The highest BCUT2D eigenvalue weighted by atomic mass is 35.5. The van der Waals surface area contributed by atoms with Crippen LogP contribution in [0.4, 0.5) is 0 Å². The first-order chi connectivity index (χ1) is 15.7. The molecular formula is C28H20Cl2O2. The Morgan fingerprint density at radius 3 is 2.03 bits per heavy atom. The maximum absolute atomic E-state index is 6.57. The quantitative estimate of drug-likeness (QED) is 0.300. The Morgan fingerprint density at radius 1 is 0.688 bits per heavy atom. The Hall–Kier alpha value is -3.20. The van der Waals surface area contributed by atoms with Crippen molar-refractivity contribution in [2.75, 3.05) is 13.2 Å². The standard InChI is InChI=1S/C28H20Cl2O2/c29-25-16-21(19-7-3-1-4-8-19)11-12-27(25)32-18-22-13-14-31-28-24(22)15-23(17-26(28)30)20-9-5-2-6-10-20/h1-13,15-17H,14,18H2. The second-order valence-electron chi connectivity index (χ2n) is 7.54. The van der Waals surface area contributed by atoms with Crippen LogP contribution < -0.4 is 9.47 Å². The molecule has 0 atom stereocenters. The van der Waals surface area contributed by atoms with Crippen LogP contribution in [0.2, 0.25) is 10.0 Å². The summed E-state index contributed by atoms with van der Waals surface area (Å²) in [5.74, 6) is 1.34. The van der Waals surface area contributed by atoms with E-state index in [1.54, 1.807) is 0 Å². The highest BCUT2D eigenvalue weighted by Gasteiger charge is 2.20. The van der Waals surface area contributed by atoms with E-state index in [4.69, 9.17) is 32.7 Å². The van der Waals surface area contributed by atoms with Crippen molar-refractivity contribution >= 4 is 28.8 Å². The third-order valence-corrected chi connectivity index (χ3v) is 6.05. The largest absolute Gasteiger partial charge is 0.487 e. The van der Waals surface area contributed by atoms with Crippen molar-refractivity contribution in [1.29, 1.82) is 0 Å². The van der Waals surface area contributed by atoms with Gasteiger partial charge in [0, 0.05) is 5.56 Å². The van der Waals surface area contributed by atoms with Crippen molar-refractivity contribution in [1.82, 2.24) is 0 Å². The lowest BCUT2D eigenvalue weighted by Crippen LogP contribution is -2.10. The fourth-order valence-electron chi connectivity index (χ4n) is 3.83. The monoisotopic (exact) mass is 458 g/mol. The molecule has 4 aromatic rings. The third kappa shape index (κ3) is 4.25. The molecule has 0 aromatic heterocycles. The molecule has 4 heteroatoms.